The van der Waals surface area contributed by atoms with Gasteiger partial charge in [0.2, 0.25) is 0 Å². The highest BCUT2D eigenvalue weighted by Gasteiger charge is 2.33. The van der Waals surface area contributed by atoms with Crippen LogP contribution in [-0.2, 0) is 9.53 Å². The number of hydrogen-bond donors (Lipinski definition) is 0. The average Bonchev–Trinajstić information content (AvgIpc) is 2.70. The van der Waals surface area contributed by atoms with Crippen LogP contribution in [0.25, 0.3) is 0 Å². The van der Waals surface area contributed by atoms with Gasteiger partial charge < -0.3 is 4.74 Å². The van der Waals surface area contributed by atoms with E-state index in [2.05, 4.69) is 52.0 Å². The first-order valence-electron chi connectivity index (χ1n) is 13.0. The molecule has 3 atom stereocenters. The van der Waals surface area contributed by atoms with E-state index >= 15 is 0 Å². The van der Waals surface area contributed by atoms with E-state index in [9.17, 15) is 4.79 Å². The molecule has 1 aliphatic rings. The largest absolute Gasteiger partial charge is 0.462 e. The molecule has 0 spiro atoms. The summed E-state index contributed by atoms with van der Waals surface area (Å²) in [7, 11) is 0. The second-order valence-electron chi connectivity index (χ2n) is 9.84. The van der Waals surface area contributed by atoms with E-state index in [0.29, 0.717) is 24.2 Å². The SMILES string of the molecule is CCCCCC=CCC=CCCCCCCCC(=O)OC1CC(C)CCC1C(C)C. The molecule has 0 N–H and O–H groups in total. The molecule has 3 unspecified atom stereocenters. The summed E-state index contributed by atoms with van der Waals surface area (Å²) in [5, 5.41) is 0. The Labute approximate surface area is 187 Å². The van der Waals surface area contributed by atoms with E-state index in [1.165, 1.54) is 64.2 Å². The molecule has 0 aromatic heterocycles. The van der Waals surface area contributed by atoms with Crippen molar-refractivity contribution < 1.29 is 9.53 Å². The van der Waals surface area contributed by atoms with E-state index < -0.39 is 0 Å². The van der Waals surface area contributed by atoms with Crippen LogP contribution in [-0.4, -0.2) is 12.1 Å². The molecular weight excluding hydrogens is 368 g/mol. The predicted molar refractivity (Wildman–Crippen MR) is 131 cm³/mol. The highest BCUT2D eigenvalue weighted by Crippen LogP contribution is 2.35. The van der Waals surface area contributed by atoms with Gasteiger partial charge in [-0.15, -0.1) is 0 Å². The maximum Gasteiger partial charge on any atom is 0.306 e. The van der Waals surface area contributed by atoms with Crippen LogP contribution in [0.2, 0.25) is 0 Å². The zero-order valence-corrected chi connectivity index (χ0v) is 20.5. The summed E-state index contributed by atoms with van der Waals surface area (Å²) in [4.78, 5) is 12.3. The average molecular weight is 419 g/mol. The predicted octanol–water partition coefficient (Wildman–Crippen LogP) is 8.80. The van der Waals surface area contributed by atoms with Crippen LogP contribution in [0, 0.1) is 17.8 Å². The van der Waals surface area contributed by atoms with Gasteiger partial charge in [0, 0.05) is 6.42 Å². The van der Waals surface area contributed by atoms with Gasteiger partial charge in [0.15, 0.2) is 0 Å². The van der Waals surface area contributed by atoms with Crippen molar-refractivity contribution in [3.05, 3.63) is 24.3 Å². The minimum atomic E-state index is 0.0328. The fraction of sp³-hybridized carbons (Fsp3) is 0.821. The lowest BCUT2D eigenvalue weighted by Crippen LogP contribution is -2.35. The van der Waals surface area contributed by atoms with Gasteiger partial charge in [-0.25, -0.2) is 0 Å². The van der Waals surface area contributed by atoms with Crippen molar-refractivity contribution >= 4 is 5.97 Å². The van der Waals surface area contributed by atoms with Gasteiger partial charge in [-0.2, -0.15) is 0 Å². The molecule has 2 heteroatoms. The van der Waals surface area contributed by atoms with Crippen LogP contribution in [0.15, 0.2) is 24.3 Å². The van der Waals surface area contributed by atoms with Gasteiger partial charge in [0.05, 0.1) is 0 Å². The summed E-state index contributed by atoms with van der Waals surface area (Å²) in [6.07, 6.45) is 26.9. The zero-order valence-electron chi connectivity index (χ0n) is 20.5. The van der Waals surface area contributed by atoms with Crippen molar-refractivity contribution in [3.63, 3.8) is 0 Å². The fourth-order valence-electron chi connectivity index (χ4n) is 4.56. The molecule has 0 aromatic carbocycles. The Kier molecular flexibility index (Phi) is 15.8. The molecule has 0 amide bonds. The number of esters is 1. The van der Waals surface area contributed by atoms with Crippen molar-refractivity contribution in [2.24, 2.45) is 17.8 Å². The number of ether oxygens (including phenoxy) is 1. The van der Waals surface area contributed by atoms with Crippen LogP contribution in [0.1, 0.15) is 124 Å². The smallest absolute Gasteiger partial charge is 0.306 e. The van der Waals surface area contributed by atoms with Gasteiger partial charge in [0.1, 0.15) is 6.10 Å². The van der Waals surface area contributed by atoms with Crippen LogP contribution in [0.5, 0.6) is 0 Å². The number of hydrogen-bond acceptors (Lipinski definition) is 2. The van der Waals surface area contributed by atoms with E-state index in [1.54, 1.807) is 0 Å². The van der Waals surface area contributed by atoms with Gasteiger partial charge in [-0.05, 0) is 69.1 Å². The Morgan fingerprint density at radius 1 is 0.900 bits per heavy atom. The van der Waals surface area contributed by atoms with Crippen molar-refractivity contribution in [2.75, 3.05) is 0 Å². The zero-order chi connectivity index (χ0) is 22.0. The second kappa shape index (κ2) is 17.6. The molecule has 0 saturated heterocycles. The summed E-state index contributed by atoms with van der Waals surface area (Å²) in [5.74, 6) is 1.88. The normalized spacial score (nSPS) is 22.4. The Bertz CT molecular complexity index is 477. The van der Waals surface area contributed by atoms with E-state index in [0.717, 1.165) is 25.7 Å². The second-order valence-corrected chi connectivity index (χ2v) is 9.84. The van der Waals surface area contributed by atoms with Gasteiger partial charge in [-0.1, -0.05) is 90.5 Å². The number of carbonyl (C=O) groups excluding carboxylic acids is 1. The summed E-state index contributed by atoms with van der Waals surface area (Å²) in [5.41, 5.74) is 0. The molecule has 1 aliphatic carbocycles. The van der Waals surface area contributed by atoms with Crippen molar-refractivity contribution in [2.45, 2.75) is 130 Å². The Morgan fingerprint density at radius 2 is 1.53 bits per heavy atom. The summed E-state index contributed by atoms with van der Waals surface area (Å²) >= 11 is 0. The highest BCUT2D eigenvalue weighted by molar-refractivity contribution is 5.69. The molecular formula is C28H50O2. The minimum Gasteiger partial charge on any atom is -0.462 e. The molecule has 2 nitrogen and oxygen atoms in total. The quantitative estimate of drug-likeness (QED) is 0.142. The summed E-state index contributed by atoms with van der Waals surface area (Å²) in [6.45, 7) is 9.07. The van der Waals surface area contributed by atoms with E-state index in [4.69, 9.17) is 4.74 Å². The molecule has 1 rings (SSSR count). The standard InChI is InChI=1S/C28H50O2/c1-5-6-7-8-9-10-11-12-13-14-15-16-17-18-19-20-28(29)30-27-23-25(4)21-22-26(27)24(2)3/h9-10,12-13,24-27H,5-8,11,14-23H2,1-4H3. The number of rotatable bonds is 16. The topological polar surface area (TPSA) is 26.3 Å². The summed E-state index contributed by atoms with van der Waals surface area (Å²) in [6, 6.07) is 0. The lowest BCUT2D eigenvalue weighted by Gasteiger charge is -2.36. The third-order valence-corrected chi connectivity index (χ3v) is 6.58. The first kappa shape index (κ1) is 27.0. The third-order valence-electron chi connectivity index (χ3n) is 6.58. The van der Waals surface area contributed by atoms with Crippen molar-refractivity contribution in [3.8, 4) is 0 Å². The Balaban J connectivity index is 1.99. The maximum atomic E-state index is 12.3. The molecule has 0 heterocycles. The van der Waals surface area contributed by atoms with Crippen LogP contribution in [0.3, 0.4) is 0 Å². The fourth-order valence-corrected chi connectivity index (χ4v) is 4.56. The molecule has 0 radical (unpaired) electrons. The third kappa shape index (κ3) is 13.3. The minimum absolute atomic E-state index is 0.0328. The maximum absolute atomic E-state index is 12.3. The van der Waals surface area contributed by atoms with E-state index in [1.807, 2.05) is 0 Å². The molecule has 0 aromatic rings. The molecule has 0 bridgehead atoms. The van der Waals surface area contributed by atoms with Crippen molar-refractivity contribution in [1.82, 2.24) is 0 Å². The van der Waals surface area contributed by atoms with Gasteiger partial charge in [0.25, 0.3) is 0 Å². The summed E-state index contributed by atoms with van der Waals surface area (Å²) < 4.78 is 5.90. The molecule has 174 valence electrons. The van der Waals surface area contributed by atoms with Gasteiger partial charge >= 0.3 is 5.97 Å². The highest BCUT2D eigenvalue weighted by atomic mass is 16.5. The lowest BCUT2D eigenvalue weighted by atomic mass is 9.75. The lowest BCUT2D eigenvalue weighted by molar-refractivity contribution is -0.156. The van der Waals surface area contributed by atoms with Crippen LogP contribution >= 0.6 is 0 Å². The molecule has 1 saturated carbocycles. The Hall–Kier alpha value is -1.05. The van der Waals surface area contributed by atoms with Crippen LogP contribution in [0.4, 0.5) is 0 Å². The van der Waals surface area contributed by atoms with E-state index in [-0.39, 0.29) is 12.1 Å². The van der Waals surface area contributed by atoms with Crippen LogP contribution < -0.4 is 0 Å². The number of unbranched alkanes of at least 4 members (excludes halogenated alkanes) is 8. The molecule has 1 fully saturated rings. The van der Waals surface area contributed by atoms with Crippen molar-refractivity contribution in [1.29, 1.82) is 0 Å². The number of allylic oxidation sites excluding steroid dienone is 4. The monoisotopic (exact) mass is 418 g/mol. The van der Waals surface area contributed by atoms with Gasteiger partial charge in [-0.3, -0.25) is 4.79 Å². The molecule has 30 heavy (non-hydrogen) atoms. The molecule has 0 aliphatic heterocycles. The Morgan fingerprint density at radius 3 is 2.20 bits per heavy atom. The first-order valence-corrected chi connectivity index (χ1v) is 13.0. The first-order chi connectivity index (χ1) is 14.5. The number of carbonyl (C=O) groups is 1.